The van der Waals surface area contributed by atoms with Crippen LogP contribution >= 0.6 is 0 Å². The number of ketones is 1. The number of aliphatic hydroxyl groups is 2. The van der Waals surface area contributed by atoms with E-state index >= 15 is 0 Å². The zero-order valence-electron chi connectivity index (χ0n) is 19.0. The molecule has 4 aliphatic rings. The van der Waals surface area contributed by atoms with Crippen molar-refractivity contribution in [1.29, 1.82) is 0 Å². The van der Waals surface area contributed by atoms with E-state index in [-0.39, 0.29) is 30.8 Å². The number of hydrogen-bond acceptors (Lipinski definition) is 7. The molecule has 0 heterocycles. The Morgan fingerprint density at radius 3 is 2.39 bits per heavy atom. The van der Waals surface area contributed by atoms with Gasteiger partial charge in [0.1, 0.15) is 17.8 Å². The molecule has 0 aromatic carbocycles. The Labute approximate surface area is 182 Å². The third-order valence-electron chi connectivity index (χ3n) is 8.46. The number of esters is 2. The molecule has 0 aliphatic heterocycles. The molecule has 2 fully saturated rings. The van der Waals surface area contributed by atoms with Gasteiger partial charge in [0.05, 0.1) is 5.60 Å². The van der Waals surface area contributed by atoms with Gasteiger partial charge in [-0.3, -0.25) is 14.4 Å². The summed E-state index contributed by atoms with van der Waals surface area (Å²) in [4.78, 5) is 36.4. The van der Waals surface area contributed by atoms with E-state index in [1.165, 1.54) is 13.8 Å². The van der Waals surface area contributed by atoms with E-state index < -0.39 is 45.8 Å². The van der Waals surface area contributed by atoms with Crippen molar-refractivity contribution in [2.45, 2.75) is 71.2 Å². The smallest absolute Gasteiger partial charge is 0.303 e. The van der Waals surface area contributed by atoms with Crippen LogP contribution in [0.5, 0.6) is 0 Å². The molecule has 0 spiro atoms. The van der Waals surface area contributed by atoms with E-state index in [0.717, 1.165) is 0 Å². The maximum Gasteiger partial charge on any atom is 0.303 e. The molecule has 0 saturated heterocycles. The molecule has 0 amide bonds. The van der Waals surface area contributed by atoms with Crippen molar-refractivity contribution in [2.24, 2.45) is 29.1 Å². The first-order valence-corrected chi connectivity index (χ1v) is 10.9. The Morgan fingerprint density at radius 1 is 1.16 bits per heavy atom. The highest BCUT2D eigenvalue weighted by Gasteiger charge is 2.83. The van der Waals surface area contributed by atoms with Crippen LogP contribution in [0, 0.1) is 29.1 Å². The van der Waals surface area contributed by atoms with Crippen LogP contribution in [0.2, 0.25) is 0 Å². The van der Waals surface area contributed by atoms with E-state index in [1.54, 1.807) is 13.0 Å². The van der Waals surface area contributed by atoms with Crippen LogP contribution in [-0.4, -0.2) is 51.3 Å². The lowest BCUT2D eigenvalue weighted by Gasteiger charge is -2.50. The topological polar surface area (TPSA) is 110 Å². The number of carbonyl (C=O) groups is 3. The molecular weight excluding hydrogens is 400 g/mol. The largest absolute Gasteiger partial charge is 0.461 e. The lowest BCUT2D eigenvalue weighted by Crippen LogP contribution is -2.61. The summed E-state index contributed by atoms with van der Waals surface area (Å²) < 4.78 is 11.1. The Morgan fingerprint density at radius 2 is 1.81 bits per heavy atom. The number of ether oxygens (including phenoxy) is 2. The van der Waals surface area contributed by atoms with Crippen LogP contribution in [0.15, 0.2) is 23.3 Å². The van der Waals surface area contributed by atoms with E-state index in [0.29, 0.717) is 17.6 Å². The Balaban J connectivity index is 1.87. The van der Waals surface area contributed by atoms with E-state index in [2.05, 4.69) is 0 Å². The Bertz CT molecular complexity index is 930. The molecule has 7 atom stereocenters. The second-order valence-electron chi connectivity index (χ2n) is 10.6. The minimum Gasteiger partial charge on any atom is -0.461 e. The van der Waals surface area contributed by atoms with Gasteiger partial charge in [0.15, 0.2) is 5.78 Å². The van der Waals surface area contributed by atoms with Crippen molar-refractivity contribution >= 4 is 17.7 Å². The first-order valence-electron chi connectivity index (χ1n) is 10.9. The van der Waals surface area contributed by atoms with E-state index in [4.69, 9.17) is 9.47 Å². The van der Waals surface area contributed by atoms with Gasteiger partial charge in [0, 0.05) is 43.4 Å². The predicted octanol–water partition coefficient (Wildman–Crippen LogP) is 2.10. The summed E-state index contributed by atoms with van der Waals surface area (Å²) in [5.74, 6) is -3.06. The maximum absolute atomic E-state index is 13.0. The molecule has 170 valence electrons. The summed E-state index contributed by atoms with van der Waals surface area (Å²) in [6, 6.07) is 0. The molecule has 7 nitrogen and oxygen atoms in total. The predicted molar refractivity (Wildman–Crippen MR) is 111 cm³/mol. The summed E-state index contributed by atoms with van der Waals surface area (Å²) >= 11 is 0. The summed E-state index contributed by atoms with van der Waals surface area (Å²) in [5, 5.41) is 23.8. The summed E-state index contributed by atoms with van der Waals surface area (Å²) in [6.45, 7) is 10.2. The summed E-state index contributed by atoms with van der Waals surface area (Å²) in [7, 11) is 0. The molecule has 4 rings (SSSR count). The first kappa shape index (κ1) is 22.2. The van der Waals surface area contributed by atoms with Crippen LogP contribution in [0.1, 0.15) is 54.4 Å². The molecular formula is C24H32O7. The molecule has 4 aliphatic carbocycles. The van der Waals surface area contributed by atoms with Crippen LogP contribution < -0.4 is 0 Å². The fourth-order valence-corrected chi connectivity index (χ4v) is 7.04. The van der Waals surface area contributed by atoms with Crippen molar-refractivity contribution in [3.8, 4) is 0 Å². The minimum atomic E-state index is -1.80. The second kappa shape index (κ2) is 6.51. The van der Waals surface area contributed by atoms with Gasteiger partial charge in [0.2, 0.25) is 0 Å². The monoisotopic (exact) mass is 432 g/mol. The average Bonchev–Trinajstić information content (AvgIpc) is 3.04. The van der Waals surface area contributed by atoms with Crippen LogP contribution in [0.4, 0.5) is 0 Å². The van der Waals surface area contributed by atoms with Crippen LogP contribution in [0.25, 0.3) is 0 Å². The quantitative estimate of drug-likeness (QED) is 0.519. The SMILES string of the molecule is CC(=O)OCC1=C[C@H]2[C@@H]3C(C)(C)[C@]3(OC(C)=O)C[C@@H](C)[C@]2(O)[C@@H]2C=C(C)C(=O)[C@@]2(O)C1. The fraction of sp³-hybridized carbons (Fsp3) is 0.708. The minimum absolute atomic E-state index is 0.0170. The summed E-state index contributed by atoms with van der Waals surface area (Å²) in [5.41, 5.74) is -3.31. The van der Waals surface area contributed by atoms with Gasteiger partial charge in [-0.2, -0.15) is 0 Å². The number of Topliss-reactive ketones (excluding diaryl/α,β-unsaturated/α-hetero) is 1. The molecule has 2 N–H and O–H groups in total. The fourth-order valence-electron chi connectivity index (χ4n) is 7.04. The van der Waals surface area contributed by atoms with Gasteiger partial charge in [-0.15, -0.1) is 0 Å². The zero-order chi connectivity index (χ0) is 23.1. The number of rotatable bonds is 3. The van der Waals surface area contributed by atoms with Gasteiger partial charge in [-0.1, -0.05) is 32.9 Å². The highest BCUT2D eigenvalue weighted by atomic mass is 16.6. The van der Waals surface area contributed by atoms with E-state index in [1.807, 2.05) is 26.8 Å². The van der Waals surface area contributed by atoms with Crippen molar-refractivity contribution in [1.82, 2.24) is 0 Å². The molecule has 0 bridgehead atoms. The zero-order valence-corrected chi connectivity index (χ0v) is 19.0. The number of hydrogen-bond donors (Lipinski definition) is 2. The van der Waals surface area contributed by atoms with Gasteiger partial charge in [-0.05, 0) is 30.4 Å². The lowest BCUT2D eigenvalue weighted by atomic mass is 9.60. The van der Waals surface area contributed by atoms with Crippen molar-refractivity contribution in [3.63, 3.8) is 0 Å². The van der Waals surface area contributed by atoms with Crippen molar-refractivity contribution in [3.05, 3.63) is 23.3 Å². The second-order valence-corrected chi connectivity index (χ2v) is 10.6. The first-order chi connectivity index (χ1) is 14.2. The normalized spacial score (nSPS) is 44.7. The van der Waals surface area contributed by atoms with Crippen LogP contribution in [0.3, 0.4) is 0 Å². The molecule has 0 aromatic heterocycles. The van der Waals surface area contributed by atoms with Crippen LogP contribution in [-0.2, 0) is 23.9 Å². The third-order valence-corrected chi connectivity index (χ3v) is 8.46. The molecule has 31 heavy (non-hydrogen) atoms. The van der Waals surface area contributed by atoms with E-state index in [9.17, 15) is 24.6 Å². The third kappa shape index (κ3) is 2.75. The van der Waals surface area contributed by atoms with Gasteiger partial charge in [-0.25, -0.2) is 0 Å². The highest BCUT2D eigenvalue weighted by Crippen LogP contribution is 2.76. The van der Waals surface area contributed by atoms with Gasteiger partial charge < -0.3 is 19.7 Å². The van der Waals surface area contributed by atoms with Crippen molar-refractivity contribution < 1.29 is 34.1 Å². The highest BCUT2D eigenvalue weighted by molar-refractivity contribution is 6.04. The van der Waals surface area contributed by atoms with Crippen molar-refractivity contribution in [2.75, 3.05) is 6.61 Å². The lowest BCUT2D eigenvalue weighted by molar-refractivity contribution is -0.186. The Kier molecular flexibility index (Phi) is 4.67. The molecule has 2 saturated carbocycles. The molecule has 0 radical (unpaired) electrons. The molecule has 7 heteroatoms. The molecule has 0 aromatic rings. The average molecular weight is 433 g/mol. The summed E-state index contributed by atoms with van der Waals surface area (Å²) in [6.07, 6.45) is 3.99. The van der Waals surface area contributed by atoms with Gasteiger partial charge >= 0.3 is 11.9 Å². The number of carbonyl (C=O) groups excluding carboxylic acids is 3. The number of fused-ring (bicyclic) bond motifs is 5. The van der Waals surface area contributed by atoms with Gasteiger partial charge in [0.25, 0.3) is 0 Å². The Hall–Kier alpha value is -1.99. The maximum atomic E-state index is 13.0. The molecule has 0 unspecified atom stereocenters. The standard InChI is InChI=1S/C24H32O7/c1-12-7-18-22(28,20(12)27)10-16(11-30-14(3)25)8-17-19-21(5,6)23(19,31-15(4)26)9-13(2)24(17,18)29/h7-8,13,17-19,28-29H,9-11H2,1-6H3/t13-,17+,18-,19-,22-,23+,24-/m1/s1.